The number of unbranched alkanes of at least 4 members (excludes halogenated alkanes) is 1. The van der Waals surface area contributed by atoms with E-state index in [0.717, 1.165) is 24.8 Å². The van der Waals surface area contributed by atoms with E-state index in [9.17, 15) is 4.79 Å². The van der Waals surface area contributed by atoms with E-state index in [1.807, 2.05) is 19.1 Å². The van der Waals surface area contributed by atoms with E-state index in [4.69, 9.17) is 5.73 Å². The van der Waals surface area contributed by atoms with E-state index in [2.05, 4.69) is 17.2 Å². The Morgan fingerprint density at radius 3 is 2.94 bits per heavy atom. The molecule has 2 atom stereocenters. The number of hydrogen-bond acceptors (Lipinski definition) is 3. The molecule has 0 aliphatic heterocycles. The molecule has 1 aromatic heterocycles. The predicted octanol–water partition coefficient (Wildman–Crippen LogP) is 1.78. The Labute approximate surface area is 103 Å². The van der Waals surface area contributed by atoms with Crippen molar-refractivity contribution >= 4 is 5.91 Å². The normalized spacial score (nSPS) is 14.1. The van der Waals surface area contributed by atoms with Crippen LogP contribution >= 0.6 is 0 Å². The molecule has 0 aromatic carbocycles. The average Bonchev–Trinajstić information content (AvgIpc) is 2.36. The highest BCUT2D eigenvalue weighted by Crippen LogP contribution is 2.10. The largest absolute Gasteiger partial charge is 0.348 e. The van der Waals surface area contributed by atoms with E-state index < -0.39 is 6.04 Å². The summed E-state index contributed by atoms with van der Waals surface area (Å²) in [5, 5.41) is 2.90. The number of nitrogens with one attached hydrogen (secondary N) is 1. The minimum Gasteiger partial charge on any atom is -0.348 e. The van der Waals surface area contributed by atoms with E-state index in [0.29, 0.717) is 0 Å². The molecule has 4 heteroatoms. The molecule has 0 saturated carbocycles. The van der Waals surface area contributed by atoms with Crippen molar-refractivity contribution in [2.24, 2.45) is 5.73 Å². The number of carbonyl (C=O) groups is 1. The fraction of sp³-hybridized carbons (Fsp3) is 0.538. The average molecular weight is 235 g/mol. The van der Waals surface area contributed by atoms with E-state index >= 15 is 0 Å². The second-order valence-corrected chi connectivity index (χ2v) is 4.27. The van der Waals surface area contributed by atoms with Crippen molar-refractivity contribution in [2.75, 3.05) is 0 Å². The highest BCUT2D eigenvalue weighted by molar-refractivity contribution is 5.81. The molecular weight excluding hydrogens is 214 g/mol. The molecule has 0 aliphatic rings. The summed E-state index contributed by atoms with van der Waals surface area (Å²) in [5.41, 5.74) is 6.79. The molecule has 1 rings (SSSR count). The summed E-state index contributed by atoms with van der Waals surface area (Å²) >= 11 is 0. The molecule has 3 N–H and O–H groups in total. The maximum Gasteiger partial charge on any atom is 0.237 e. The van der Waals surface area contributed by atoms with Gasteiger partial charge in [0, 0.05) is 12.4 Å². The van der Waals surface area contributed by atoms with Crippen molar-refractivity contribution < 1.29 is 4.79 Å². The van der Waals surface area contributed by atoms with E-state index in [1.165, 1.54) is 0 Å². The van der Waals surface area contributed by atoms with Gasteiger partial charge in [-0.2, -0.15) is 0 Å². The maximum atomic E-state index is 11.8. The van der Waals surface area contributed by atoms with Gasteiger partial charge in [-0.1, -0.05) is 25.8 Å². The third-order valence-electron chi connectivity index (χ3n) is 2.75. The van der Waals surface area contributed by atoms with Crippen LogP contribution in [0.1, 0.15) is 44.7 Å². The first kappa shape index (κ1) is 13.6. The summed E-state index contributed by atoms with van der Waals surface area (Å²) in [5.74, 6) is -0.0881. The zero-order valence-corrected chi connectivity index (χ0v) is 10.5. The Morgan fingerprint density at radius 1 is 1.59 bits per heavy atom. The van der Waals surface area contributed by atoms with Crippen LogP contribution in [0.2, 0.25) is 0 Å². The molecule has 0 unspecified atom stereocenters. The number of rotatable bonds is 6. The smallest absolute Gasteiger partial charge is 0.237 e. The van der Waals surface area contributed by atoms with Gasteiger partial charge in [0.15, 0.2) is 0 Å². The molecule has 4 nitrogen and oxygen atoms in total. The topological polar surface area (TPSA) is 68.0 Å². The molecule has 1 amide bonds. The van der Waals surface area contributed by atoms with Crippen LogP contribution in [0.4, 0.5) is 0 Å². The van der Waals surface area contributed by atoms with E-state index in [-0.39, 0.29) is 11.9 Å². The van der Waals surface area contributed by atoms with Gasteiger partial charge in [0.25, 0.3) is 0 Å². The first-order chi connectivity index (χ1) is 8.15. The van der Waals surface area contributed by atoms with Gasteiger partial charge in [0.05, 0.1) is 12.1 Å². The third-order valence-corrected chi connectivity index (χ3v) is 2.75. The van der Waals surface area contributed by atoms with Crippen LogP contribution in [0.5, 0.6) is 0 Å². The van der Waals surface area contributed by atoms with Crippen molar-refractivity contribution in [1.82, 2.24) is 10.3 Å². The van der Waals surface area contributed by atoms with Gasteiger partial charge in [0.2, 0.25) is 5.91 Å². The minimum absolute atomic E-state index is 0.0520. The second-order valence-electron chi connectivity index (χ2n) is 4.27. The quantitative estimate of drug-likeness (QED) is 0.789. The molecule has 17 heavy (non-hydrogen) atoms. The molecule has 0 bridgehead atoms. The van der Waals surface area contributed by atoms with Gasteiger partial charge in [-0.05, 0) is 25.0 Å². The molecule has 0 fully saturated rings. The first-order valence-electron chi connectivity index (χ1n) is 6.11. The van der Waals surface area contributed by atoms with Crippen LogP contribution in [0.15, 0.2) is 24.5 Å². The van der Waals surface area contributed by atoms with Crippen molar-refractivity contribution in [2.45, 2.75) is 45.2 Å². The van der Waals surface area contributed by atoms with Crippen LogP contribution in [0.3, 0.4) is 0 Å². The van der Waals surface area contributed by atoms with Crippen LogP contribution in [-0.4, -0.2) is 16.9 Å². The zero-order chi connectivity index (χ0) is 12.7. The van der Waals surface area contributed by atoms with Crippen LogP contribution < -0.4 is 11.1 Å². The predicted molar refractivity (Wildman–Crippen MR) is 68.3 cm³/mol. The summed E-state index contributed by atoms with van der Waals surface area (Å²) in [6, 6.07) is 3.34. The lowest BCUT2D eigenvalue weighted by Crippen LogP contribution is -2.41. The number of nitrogens with two attached hydrogens (primary N) is 1. The Hall–Kier alpha value is -1.42. The highest BCUT2D eigenvalue weighted by atomic mass is 16.2. The number of amides is 1. The number of nitrogens with zero attached hydrogens (tertiary/aromatic N) is 1. The van der Waals surface area contributed by atoms with Gasteiger partial charge >= 0.3 is 0 Å². The number of aromatic nitrogens is 1. The van der Waals surface area contributed by atoms with Gasteiger partial charge in [-0.3, -0.25) is 9.78 Å². The SMILES string of the molecule is CCCC[C@H](N)C(=O)N[C@H](C)c1cccnc1. The Morgan fingerprint density at radius 2 is 2.35 bits per heavy atom. The maximum absolute atomic E-state index is 11.8. The molecule has 0 saturated heterocycles. The van der Waals surface area contributed by atoms with Crippen LogP contribution in [0.25, 0.3) is 0 Å². The van der Waals surface area contributed by atoms with Gasteiger partial charge in [0.1, 0.15) is 0 Å². The molecule has 0 radical (unpaired) electrons. The highest BCUT2D eigenvalue weighted by Gasteiger charge is 2.15. The molecule has 0 spiro atoms. The lowest BCUT2D eigenvalue weighted by Gasteiger charge is -2.17. The summed E-state index contributed by atoms with van der Waals surface area (Å²) in [6.45, 7) is 4.02. The van der Waals surface area contributed by atoms with Crippen LogP contribution in [0, 0.1) is 0 Å². The third kappa shape index (κ3) is 4.53. The monoisotopic (exact) mass is 235 g/mol. The van der Waals surface area contributed by atoms with Gasteiger partial charge in [-0.15, -0.1) is 0 Å². The lowest BCUT2D eigenvalue weighted by atomic mass is 10.1. The standard InChI is InChI=1S/C13H21N3O/c1-3-4-7-12(14)13(17)16-10(2)11-6-5-8-15-9-11/h5-6,8-10,12H,3-4,7,14H2,1-2H3,(H,16,17)/t10-,12+/m1/s1. The fourth-order valence-electron chi connectivity index (χ4n) is 1.59. The zero-order valence-electron chi connectivity index (χ0n) is 10.5. The molecule has 1 heterocycles. The van der Waals surface area contributed by atoms with Gasteiger partial charge in [-0.25, -0.2) is 0 Å². The van der Waals surface area contributed by atoms with Gasteiger partial charge < -0.3 is 11.1 Å². The van der Waals surface area contributed by atoms with Crippen molar-refractivity contribution in [1.29, 1.82) is 0 Å². The second kappa shape index (κ2) is 7.01. The Balaban J connectivity index is 2.46. The Bertz CT molecular complexity index is 340. The molecule has 1 aromatic rings. The summed E-state index contributed by atoms with van der Waals surface area (Å²) < 4.78 is 0. The fourth-order valence-corrected chi connectivity index (χ4v) is 1.59. The number of pyridine rings is 1. The Kier molecular flexibility index (Phi) is 5.63. The number of carbonyl (C=O) groups excluding carboxylic acids is 1. The van der Waals surface area contributed by atoms with Crippen molar-refractivity contribution in [3.05, 3.63) is 30.1 Å². The van der Waals surface area contributed by atoms with Crippen LogP contribution in [-0.2, 0) is 4.79 Å². The molecule has 94 valence electrons. The first-order valence-corrected chi connectivity index (χ1v) is 6.11. The van der Waals surface area contributed by atoms with E-state index in [1.54, 1.807) is 12.4 Å². The van der Waals surface area contributed by atoms with Crippen molar-refractivity contribution in [3.63, 3.8) is 0 Å². The lowest BCUT2D eigenvalue weighted by molar-refractivity contribution is -0.123. The summed E-state index contributed by atoms with van der Waals surface area (Å²) in [7, 11) is 0. The van der Waals surface area contributed by atoms with Crippen molar-refractivity contribution in [3.8, 4) is 0 Å². The molecule has 0 aliphatic carbocycles. The summed E-state index contributed by atoms with van der Waals surface area (Å²) in [6.07, 6.45) is 6.24. The number of hydrogen-bond donors (Lipinski definition) is 2. The summed E-state index contributed by atoms with van der Waals surface area (Å²) in [4.78, 5) is 15.8. The minimum atomic E-state index is -0.408. The molecular formula is C13H21N3O.